The molecule has 2 nitrogen and oxygen atoms in total. The van der Waals surface area contributed by atoms with Crippen molar-refractivity contribution in [2.75, 3.05) is 19.6 Å². The van der Waals surface area contributed by atoms with Crippen molar-refractivity contribution in [1.82, 2.24) is 4.90 Å². The Balaban J connectivity index is 2.21. The molecule has 1 aliphatic rings. The number of carbonyl (C=O) groups is 1. The first-order chi connectivity index (χ1) is 4.86. The summed E-state index contributed by atoms with van der Waals surface area (Å²) in [6.45, 7) is 5.45. The van der Waals surface area contributed by atoms with Crippen molar-refractivity contribution in [3.63, 3.8) is 0 Å². The van der Waals surface area contributed by atoms with Gasteiger partial charge in [-0.05, 0) is 25.9 Å². The highest BCUT2D eigenvalue weighted by Gasteiger charge is 2.20. The highest BCUT2D eigenvalue weighted by Crippen LogP contribution is 2.13. The van der Waals surface area contributed by atoms with Crippen LogP contribution in [0.3, 0.4) is 0 Å². The van der Waals surface area contributed by atoms with Gasteiger partial charge in [0.1, 0.15) is 6.29 Å². The third-order valence-corrected chi connectivity index (χ3v) is 2.04. The molecule has 0 unspecified atom stereocenters. The first kappa shape index (κ1) is 7.73. The minimum absolute atomic E-state index is 0.326. The zero-order valence-electron chi connectivity index (χ0n) is 6.55. The Morgan fingerprint density at radius 2 is 2.50 bits per heavy atom. The Hall–Kier alpha value is -0.370. The third-order valence-electron chi connectivity index (χ3n) is 2.04. The van der Waals surface area contributed by atoms with E-state index < -0.39 is 0 Å². The Labute approximate surface area is 62.2 Å². The average Bonchev–Trinajstić information content (AvgIpc) is 2.37. The lowest BCUT2D eigenvalue weighted by Gasteiger charge is -2.12. The van der Waals surface area contributed by atoms with Crippen molar-refractivity contribution in [1.29, 1.82) is 0 Å². The van der Waals surface area contributed by atoms with Gasteiger partial charge in [0.25, 0.3) is 0 Å². The predicted molar refractivity (Wildman–Crippen MR) is 40.9 cm³/mol. The predicted octanol–water partition coefficient (Wildman–Crippen LogP) is 0.917. The molecule has 0 N–H and O–H groups in total. The minimum Gasteiger partial charge on any atom is -0.303 e. The van der Waals surface area contributed by atoms with Gasteiger partial charge in [-0.1, -0.05) is 6.92 Å². The van der Waals surface area contributed by atoms with Crippen molar-refractivity contribution in [2.45, 2.75) is 19.8 Å². The lowest BCUT2D eigenvalue weighted by atomic mass is 10.1. The maximum atomic E-state index is 10.3. The summed E-state index contributed by atoms with van der Waals surface area (Å²) < 4.78 is 0. The topological polar surface area (TPSA) is 20.3 Å². The third kappa shape index (κ3) is 1.81. The van der Waals surface area contributed by atoms with E-state index in [-0.39, 0.29) is 0 Å². The Bertz CT molecular complexity index is 114. The number of rotatable bonds is 3. The molecule has 1 saturated heterocycles. The number of nitrogens with zero attached hydrogens (tertiary/aromatic N) is 1. The zero-order valence-corrected chi connectivity index (χ0v) is 6.55. The normalized spacial score (nSPS) is 27.1. The largest absolute Gasteiger partial charge is 0.303 e. The van der Waals surface area contributed by atoms with Crippen molar-refractivity contribution in [3.05, 3.63) is 0 Å². The van der Waals surface area contributed by atoms with Crippen LogP contribution in [0.4, 0.5) is 0 Å². The number of likely N-dealkylation sites (tertiary alicyclic amines) is 1. The van der Waals surface area contributed by atoms with Gasteiger partial charge in [-0.15, -0.1) is 0 Å². The van der Waals surface area contributed by atoms with Crippen molar-refractivity contribution >= 4 is 6.29 Å². The first-order valence-corrected chi connectivity index (χ1v) is 4.04. The summed E-state index contributed by atoms with van der Waals surface area (Å²) in [7, 11) is 0. The molecule has 0 amide bonds. The van der Waals surface area contributed by atoms with Gasteiger partial charge in [0.15, 0.2) is 0 Å². The number of carbonyl (C=O) groups excluding carboxylic acids is 1. The van der Waals surface area contributed by atoms with Gasteiger partial charge in [-0.2, -0.15) is 0 Å². The van der Waals surface area contributed by atoms with Crippen molar-refractivity contribution in [2.24, 2.45) is 5.92 Å². The molecule has 0 aliphatic carbocycles. The van der Waals surface area contributed by atoms with Gasteiger partial charge >= 0.3 is 0 Å². The first-order valence-electron chi connectivity index (χ1n) is 4.04. The fraction of sp³-hybridized carbons (Fsp3) is 0.875. The fourth-order valence-electron chi connectivity index (χ4n) is 1.49. The van der Waals surface area contributed by atoms with Crippen LogP contribution in [0, 0.1) is 5.92 Å². The molecule has 0 aromatic rings. The number of hydrogen-bond donors (Lipinski definition) is 0. The molecule has 1 atom stereocenters. The second-order valence-corrected chi connectivity index (χ2v) is 2.99. The summed E-state index contributed by atoms with van der Waals surface area (Å²) in [5, 5.41) is 0. The second kappa shape index (κ2) is 3.71. The Morgan fingerprint density at radius 3 is 3.00 bits per heavy atom. The van der Waals surface area contributed by atoms with E-state index >= 15 is 0 Å². The van der Waals surface area contributed by atoms with Crippen LogP contribution in [0.25, 0.3) is 0 Å². The zero-order chi connectivity index (χ0) is 7.40. The standard InChI is InChI=1S/C8H15NO/c1-2-4-9-5-3-8(6-9)7-10/h7-8H,2-6H2,1H3/t8-/m0/s1. The molecule has 1 fully saturated rings. The van der Waals surface area contributed by atoms with Crippen LogP contribution in [0.2, 0.25) is 0 Å². The molecule has 1 heterocycles. The van der Waals surface area contributed by atoms with Crippen molar-refractivity contribution in [3.8, 4) is 0 Å². The minimum atomic E-state index is 0.326. The number of hydrogen-bond acceptors (Lipinski definition) is 2. The summed E-state index contributed by atoms with van der Waals surface area (Å²) in [5.41, 5.74) is 0. The van der Waals surface area contributed by atoms with Gasteiger partial charge in [0.05, 0.1) is 0 Å². The second-order valence-electron chi connectivity index (χ2n) is 2.99. The monoisotopic (exact) mass is 141 g/mol. The Morgan fingerprint density at radius 1 is 1.70 bits per heavy atom. The summed E-state index contributed by atoms with van der Waals surface area (Å²) in [5.74, 6) is 0.326. The van der Waals surface area contributed by atoms with Crippen LogP contribution >= 0.6 is 0 Å². The molecule has 2 heteroatoms. The summed E-state index contributed by atoms with van der Waals surface area (Å²) in [6, 6.07) is 0. The van der Waals surface area contributed by atoms with Crippen LogP contribution in [0.15, 0.2) is 0 Å². The van der Waals surface area contributed by atoms with E-state index in [1.165, 1.54) is 6.42 Å². The molecule has 0 spiro atoms. The van der Waals surface area contributed by atoms with Crippen LogP contribution in [-0.2, 0) is 4.79 Å². The van der Waals surface area contributed by atoms with E-state index in [1.807, 2.05) is 0 Å². The average molecular weight is 141 g/mol. The van der Waals surface area contributed by atoms with Crippen LogP contribution in [-0.4, -0.2) is 30.8 Å². The maximum absolute atomic E-state index is 10.3. The SMILES string of the molecule is CCCN1CC[C@H](C=O)C1. The molecule has 0 aromatic carbocycles. The van der Waals surface area contributed by atoms with E-state index in [0.717, 1.165) is 32.3 Å². The van der Waals surface area contributed by atoms with Crippen LogP contribution < -0.4 is 0 Å². The quantitative estimate of drug-likeness (QED) is 0.545. The van der Waals surface area contributed by atoms with Crippen LogP contribution in [0.5, 0.6) is 0 Å². The molecule has 1 aliphatic heterocycles. The van der Waals surface area contributed by atoms with Gasteiger partial charge in [-0.25, -0.2) is 0 Å². The highest BCUT2D eigenvalue weighted by atomic mass is 16.1. The molecular weight excluding hydrogens is 126 g/mol. The molecule has 0 bridgehead atoms. The molecule has 58 valence electrons. The van der Waals surface area contributed by atoms with Crippen LogP contribution in [0.1, 0.15) is 19.8 Å². The van der Waals surface area contributed by atoms with E-state index in [2.05, 4.69) is 11.8 Å². The van der Waals surface area contributed by atoms with Gasteiger partial charge in [0.2, 0.25) is 0 Å². The molecule has 0 saturated carbocycles. The van der Waals surface area contributed by atoms with E-state index in [0.29, 0.717) is 5.92 Å². The molecule has 1 rings (SSSR count). The van der Waals surface area contributed by atoms with Crippen molar-refractivity contribution < 1.29 is 4.79 Å². The lowest BCUT2D eigenvalue weighted by Crippen LogP contribution is -2.21. The Kier molecular flexibility index (Phi) is 2.87. The molecule has 0 aromatic heterocycles. The van der Waals surface area contributed by atoms with E-state index in [4.69, 9.17) is 0 Å². The van der Waals surface area contributed by atoms with Gasteiger partial charge in [-0.3, -0.25) is 0 Å². The summed E-state index contributed by atoms with van der Waals surface area (Å²) in [4.78, 5) is 12.7. The molecular formula is C8H15NO. The fourth-order valence-corrected chi connectivity index (χ4v) is 1.49. The van der Waals surface area contributed by atoms with E-state index in [9.17, 15) is 4.79 Å². The van der Waals surface area contributed by atoms with Gasteiger partial charge in [0, 0.05) is 12.5 Å². The molecule has 0 radical (unpaired) electrons. The van der Waals surface area contributed by atoms with E-state index in [1.54, 1.807) is 0 Å². The lowest BCUT2D eigenvalue weighted by molar-refractivity contribution is -0.110. The van der Waals surface area contributed by atoms with Gasteiger partial charge < -0.3 is 9.69 Å². The maximum Gasteiger partial charge on any atom is 0.124 e. The summed E-state index contributed by atoms with van der Waals surface area (Å²) in [6.07, 6.45) is 3.37. The number of aldehydes is 1. The molecule has 10 heavy (non-hydrogen) atoms. The smallest absolute Gasteiger partial charge is 0.124 e. The summed E-state index contributed by atoms with van der Waals surface area (Å²) >= 11 is 0. The highest BCUT2D eigenvalue weighted by molar-refractivity contribution is 5.54.